The third-order valence-corrected chi connectivity index (χ3v) is 5.55. The standard InChI is InChI=1S/C18H17F3N4OS/c1-9-7-12-14(13(26)8-9)15(10-3-5-11(27-2)6-4-10)25-17(22-12)23-16(24-25)18(19,20)21/h3-6,9,15H,7-8H2,1-2H3,(H,22,23,24)/t9-,15+/m1/s1. The van der Waals surface area contributed by atoms with Gasteiger partial charge in [-0.15, -0.1) is 16.9 Å². The first-order valence-corrected chi connectivity index (χ1v) is 9.71. The predicted molar refractivity (Wildman–Crippen MR) is 95.4 cm³/mol. The van der Waals surface area contributed by atoms with E-state index in [-0.39, 0.29) is 17.6 Å². The summed E-state index contributed by atoms with van der Waals surface area (Å²) in [7, 11) is 0. The van der Waals surface area contributed by atoms with Gasteiger partial charge in [0.1, 0.15) is 6.04 Å². The summed E-state index contributed by atoms with van der Waals surface area (Å²) in [6.45, 7) is 1.95. The van der Waals surface area contributed by atoms with Crippen molar-refractivity contribution in [3.63, 3.8) is 0 Å². The second-order valence-electron chi connectivity index (χ2n) is 6.83. The zero-order chi connectivity index (χ0) is 19.3. The van der Waals surface area contributed by atoms with Crippen LogP contribution in [0, 0.1) is 5.92 Å². The number of nitrogens with zero attached hydrogens (tertiary/aromatic N) is 3. The van der Waals surface area contributed by atoms with Gasteiger partial charge in [-0.1, -0.05) is 19.1 Å². The summed E-state index contributed by atoms with van der Waals surface area (Å²) in [5, 5.41) is 6.61. The molecule has 1 aliphatic heterocycles. The Morgan fingerprint density at radius 1 is 1.22 bits per heavy atom. The molecule has 0 spiro atoms. The molecule has 0 radical (unpaired) electrons. The van der Waals surface area contributed by atoms with E-state index in [1.807, 2.05) is 37.4 Å². The van der Waals surface area contributed by atoms with Crippen molar-refractivity contribution < 1.29 is 18.0 Å². The van der Waals surface area contributed by atoms with Gasteiger partial charge in [-0.2, -0.15) is 18.2 Å². The van der Waals surface area contributed by atoms with Gasteiger partial charge in [0.25, 0.3) is 5.82 Å². The lowest BCUT2D eigenvalue weighted by Crippen LogP contribution is -2.33. The Morgan fingerprint density at radius 3 is 2.56 bits per heavy atom. The number of nitrogens with one attached hydrogen (secondary N) is 1. The highest BCUT2D eigenvalue weighted by Crippen LogP contribution is 2.42. The topological polar surface area (TPSA) is 59.8 Å². The summed E-state index contributed by atoms with van der Waals surface area (Å²) in [4.78, 5) is 17.4. The SMILES string of the molecule is CSc1ccc([C@H]2C3=C(C[C@@H](C)CC3=O)Nc3nc(C(F)(F)F)nn32)cc1. The number of hydrogen-bond acceptors (Lipinski definition) is 5. The first kappa shape index (κ1) is 18.1. The van der Waals surface area contributed by atoms with Crippen LogP contribution in [0.3, 0.4) is 0 Å². The fourth-order valence-corrected chi connectivity index (χ4v) is 4.03. The number of benzene rings is 1. The Labute approximate surface area is 158 Å². The number of allylic oxidation sites excluding steroid dienone is 2. The molecule has 0 unspecified atom stereocenters. The van der Waals surface area contributed by atoms with E-state index < -0.39 is 18.0 Å². The summed E-state index contributed by atoms with van der Waals surface area (Å²) in [5.41, 5.74) is 1.84. The van der Waals surface area contributed by atoms with Crippen LogP contribution in [0.5, 0.6) is 0 Å². The monoisotopic (exact) mass is 394 g/mol. The fourth-order valence-electron chi connectivity index (χ4n) is 3.62. The molecule has 2 atom stereocenters. The molecule has 4 rings (SSSR count). The lowest BCUT2D eigenvalue weighted by Gasteiger charge is -2.34. The molecule has 1 N–H and O–H groups in total. The number of alkyl halides is 3. The maximum absolute atomic E-state index is 13.2. The number of halogens is 3. The molecule has 1 aromatic heterocycles. The van der Waals surface area contributed by atoms with Gasteiger partial charge in [0.2, 0.25) is 5.95 Å². The highest BCUT2D eigenvalue weighted by molar-refractivity contribution is 7.98. The number of fused-ring (bicyclic) bond motifs is 1. The number of ketones is 1. The lowest BCUT2D eigenvalue weighted by atomic mass is 9.81. The minimum Gasteiger partial charge on any atom is -0.328 e. The molecule has 2 heterocycles. The van der Waals surface area contributed by atoms with Gasteiger partial charge in [-0.3, -0.25) is 4.79 Å². The number of Topliss-reactive ketones (excluding diaryl/α,β-unsaturated/α-hetero) is 1. The van der Waals surface area contributed by atoms with Crippen LogP contribution in [0.25, 0.3) is 0 Å². The zero-order valence-corrected chi connectivity index (χ0v) is 15.5. The van der Waals surface area contributed by atoms with Crippen molar-refractivity contribution in [3.05, 3.63) is 46.9 Å². The molecule has 2 aromatic rings. The molecular formula is C18H17F3N4OS. The quantitative estimate of drug-likeness (QED) is 0.770. The van der Waals surface area contributed by atoms with Crippen LogP contribution in [0.2, 0.25) is 0 Å². The van der Waals surface area contributed by atoms with E-state index in [0.29, 0.717) is 29.7 Å². The Kier molecular flexibility index (Phi) is 4.29. The van der Waals surface area contributed by atoms with Gasteiger partial charge in [-0.05, 0) is 36.3 Å². The highest BCUT2D eigenvalue weighted by Gasteiger charge is 2.42. The van der Waals surface area contributed by atoms with Gasteiger partial charge in [0, 0.05) is 22.6 Å². The number of anilines is 1. The third kappa shape index (κ3) is 3.13. The molecule has 0 saturated carbocycles. The Hall–Kier alpha value is -2.29. The van der Waals surface area contributed by atoms with E-state index in [2.05, 4.69) is 15.4 Å². The molecule has 1 aromatic carbocycles. The lowest BCUT2D eigenvalue weighted by molar-refractivity contribution is -0.145. The van der Waals surface area contributed by atoms with E-state index >= 15 is 0 Å². The van der Waals surface area contributed by atoms with Gasteiger partial charge in [0.05, 0.1) is 0 Å². The first-order chi connectivity index (χ1) is 12.8. The van der Waals surface area contributed by atoms with E-state index in [4.69, 9.17) is 0 Å². The van der Waals surface area contributed by atoms with Crippen LogP contribution in [-0.2, 0) is 11.0 Å². The normalized spacial score (nSPS) is 22.3. The molecule has 0 amide bonds. The smallest absolute Gasteiger partial charge is 0.328 e. The molecule has 5 nitrogen and oxygen atoms in total. The molecule has 2 aliphatic rings. The first-order valence-electron chi connectivity index (χ1n) is 8.49. The van der Waals surface area contributed by atoms with Crippen molar-refractivity contribution in [1.29, 1.82) is 0 Å². The number of carbonyl (C=O) groups excluding carboxylic acids is 1. The number of rotatable bonds is 2. The molecule has 0 bridgehead atoms. The average molecular weight is 394 g/mol. The van der Waals surface area contributed by atoms with Crippen molar-refractivity contribution in [2.45, 2.75) is 36.9 Å². The molecule has 9 heteroatoms. The van der Waals surface area contributed by atoms with E-state index in [0.717, 1.165) is 4.90 Å². The largest absolute Gasteiger partial charge is 0.453 e. The summed E-state index contributed by atoms with van der Waals surface area (Å²) >= 11 is 1.57. The van der Waals surface area contributed by atoms with Crippen LogP contribution in [-0.4, -0.2) is 26.8 Å². The van der Waals surface area contributed by atoms with Crippen molar-refractivity contribution in [1.82, 2.24) is 14.8 Å². The average Bonchev–Trinajstić information content (AvgIpc) is 3.04. The summed E-state index contributed by atoms with van der Waals surface area (Å²) in [6, 6.07) is 6.72. The molecule has 142 valence electrons. The van der Waals surface area contributed by atoms with Crippen LogP contribution < -0.4 is 5.32 Å². The Morgan fingerprint density at radius 2 is 1.93 bits per heavy atom. The maximum atomic E-state index is 13.2. The van der Waals surface area contributed by atoms with E-state index in [9.17, 15) is 18.0 Å². The van der Waals surface area contributed by atoms with Crippen LogP contribution in [0.4, 0.5) is 19.1 Å². The summed E-state index contributed by atoms with van der Waals surface area (Å²) in [6.07, 6.45) is -1.75. The van der Waals surface area contributed by atoms with Gasteiger partial charge >= 0.3 is 6.18 Å². The Bertz CT molecular complexity index is 933. The Balaban J connectivity index is 1.88. The number of thioether (sulfide) groups is 1. The molecule has 0 saturated heterocycles. The number of carbonyl (C=O) groups is 1. The predicted octanol–water partition coefficient (Wildman–Crippen LogP) is 4.29. The molecule has 27 heavy (non-hydrogen) atoms. The van der Waals surface area contributed by atoms with Crippen LogP contribution in [0.1, 0.15) is 37.2 Å². The molecular weight excluding hydrogens is 377 g/mol. The summed E-state index contributed by atoms with van der Waals surface area (Å²) < 4.78 is 40.7. The van der Waals surface area contributed by atoms with E-state index in [1.54, 1.807) is 11.8 Å². The zero-order valence-electron chi connectivity index (χ0n) is 14.7. The van der Waals surface area contributed by atoms with Gasteiger partial charge < -0.3 is 5.32 Å². The number of hydrogen-bond donors (Lipinski definition) is 1. The van der Waals surface area contributed by atoms with Crippen LogP contribution in [0.15, 0.2) is 40.4 Å². The second kappa shape index (κ2) is 6.40. The van der Waals surface area contributed by atoms with Crippen molar-refractivity contribution in [2.75, 3.05) is 11.6 Å². The fraction of sp³-hybridized carbons (Fsp3) is 0.389. The van der Waals surface area contributed by atoms with Crippen molar-refractivity contribution in [3.8, 4) is 0 Å². The second-order valence-corrected chi connectivity index (χ2v) is 7.71. The minimum absolute atomic E-state index is 0.0157. The van der Waals surface area contributed by atoms with E-state index in [1.165, 1.54) is 4.68 Å². The van der Waals surface area contributed by atoms with Gasteiger partial charge in [0.15, 0.2) is 5.78 Å². The minimum atomic E-state index is -4.66. The summed E-state index contributed by atoms with van der Waals surface area (Å²) in [5.74, 6) is -1.14. The van der Waals surface area contributed by atoms with Crippen LogP contribution >= 0.6 is 11.8 Å². The van der Waals surface area contributed by atoms with Gasteiger partial charge in [-0.25, -0.2) is 4.68 Å². The third-order valence-electron chi connectivity index (χ3n) is 4.81. The van der Waals surface area contributed by atoms with Crippen molar-refractivity contribution >= 4 is 23.5 Å². The maximum Gasteiger partial charge on any atom is 0.453 e. The van der Waals surface area contributed by atoms with Crippen molar-refractivity contribution in [2.24, 2.45) is 5.92 Å². The molecule has 1 aliphatic carbocycles. The number of aromatic nitrogens is 3. The highest BCUT2D eigenvalue weighted by atomic mass is 32.2. The molecule has 0 fully saturated rings.